The number of aromatic nitrogens is 3. The van der Waals surface area contributed by atoms with E-state index in [1.165, 1.54) is 6.07 Å². The second kappa shape index (κ2) is 8.46. The molecule has 2 aromatic carbocycles. The molecule has 8 nitrogen and oxygen atoms in total. The first-order valence-electron chi connectivity index (χ1n) is 10.5. The quantitative estimate of drug-likeness (QED) is 0.403. The Balaban J connectivity index is 1.75. The number of imidazole rings is 1. The summed E-state index contributed by atoms with van der Waals surface area (Å²) in [6.45, 7) is 6.37. The van der Waals surface area contributed by atoms with Gasteiger partial charge in [-0.2, -0.15) is 4.98 Å². The van der Waals surface area contributed by atoms with Crippen LogP contribution < -0.4 is 14.8 Å². The summed E-state index contributed by atoms with van der Waals surface area (Å²) in [5.74, 6) is 0.989. The zero-order valence-corrected chi connectivity index (χ0v) is 19.2. The lowest BCUT2D eigenvalue weighted by atomic mass is 9.86. The van der Waals surface area contributed by atoms with E-state index in [0.29, 0.717) is 40.2 Å². The molecule has 0 spiro atoms. The molecule has 0 radical (unpaired) electrons. The predicted molar refractivity (Wildman–Crippen MR) is 127 cm³/mol. The third-order valence-corrected chi connectivity index (χ3v) is 5.32. The maximum atomic E-state index is 11.3. The van der Waals surface area contributed by atoms with Gasteiger partial charge in [0.15, 0.2) is 0 Å². The molecular formula is C25H26N4O4. The average Bonchev–Trinajstić information content (AvgIpc) is 3.09. The van der Waals surface area contributed by atoms with Gasteiger partial charge in [0, 0.05) is 18.7 Å². The minimum atomic E-state index is -0.986. The largest absolute Gasteiger partial charge is 0.481 e. The predicted octanol–water partition coefficient (Wildman–Crippen LogP) is 5.51. The number of carboxylic acids is 1. The number of rotatable bonds is 6. The molecule has 4 rings (SSSR count). The van der Waals surface area contributed by atoms with Crippen LogP contribution in [-0.2, 0) is 12.5 Å². The van der Waals surface area contributed by atoms with E-state index in [4.69, 9.17) is 9.47 Å². The molecule has 170 valence electrons. The van der Waals surface area contributed by atoms with Crippen LogP contribution in [0.1, 0.15) is 36.7 Å². The Morgan fingerprint density at radius 2 is 1.82 bits per heavy atom. The monoisotopic (exact) mass is 446 g/mol. The van der Waals surface area contributed by atoms with Crippen molar-refractivity contribution in [3.63, 3.8) is 0 Å². The molecular weight excluding hydrogens is 420 g/mol. The molecule has 0 aliphatic carbocycles. The first-order chi connectivity index (χ1) is 15.7. The highest BCUT2D eigenvalue weighted by molar-refractivity contribution is 5.93. The molecule has 0 saturated heterocycles. The zero-order valence-electron chi connectivity index (χ0n) is 19.2. The zero-order chi connectivity index (χ0) is 23.8. The Bertz CT molecular complexity index is 1340. The Hall–Kier alpha value is -4.07. The normalized spacial score (nSPS) is 11.4. The number of carbonyl (C=O) groups is 1. The molecule has 33 heavy (non-hydrogen) atoms. The second-order valence-electron chi connectivity index (χ2n) is 8.68. The van der Waals surface area contributed by atoms with Gasteiger partial charge in [-0.05, 0) is 35.7 Å². The van der Waals surface area contributed by atoms with Gasteiger partial charge in [0.1, 0.15) is 11.4 Å². The third kappa shape index (κ3) is 4.45. The minimum Gasteiger partial charge on any atom is -0.481 e. The molecule has 0 aliphatic heterocycles. The van der Waals surface area contributed by atoms with Crippen LogP contribution in [0.4, 0.5) is 11.6 Å². The summed E-state index contributed by atoms with van der Waals surface area (Å²) < 4.78 is 13.4. The fourth-order valence-electron chi connectivity index (χ4n) is 3.54. The van der Waals surface area contributed by atoms with Crippen molar-refractivity contribution in [2.75, 3.05) is 12.4 Å². The number of hydrogen-bond acceptors (Lipinski definition) is 6. The number of fused-ring (bicyclic) bond motifs is 1. The standard InChI is InChI=1S/C25H26N4O4/c1-25(2,3)16-8-6-7-9-20(16)33-22-18(12-13-21(28-22)32-5)27-24-26-17-11-10-15(23(30)31)14-19(17)29(24)4/h6-14H,1-5H3,(H,26,27)(H,30,31). The van der Waals surface area contributed by atoms with E-state index >= 15 is 0 Å². The first kappa shape index (κ1) is 22.1. The number of para-hydroxylation sites is 1. The molecule has 2 heterocycles. The number of carboxylic acid groups (broad SMARTS) is 1. The fourth-order valence-corrected chi connectivity index (χ4v) is 3.54. The second-order valence-corrected chi connectivity index (χ2v) is 8.68. The van der Waals surface area contributed by atoms with Crippen LogP contribution in [-0.4, -0.2) is 32.7 Å². The van der Waals surface area contributed by atoms with Crippen LogP contribution in [0.2, 0.25) is 0 Å². The fraction of sp³-hybridized carbons (Fsp3) is 0.240. The Morgan fingerprint density at radius 3 is 2.52 bits per heavy atom. The van der Waals surface area contributed by atoms with Crippen molar-refractivity contribution in [2.45, 2.75) is 26.2 Å². The number of aromatic carboxylic acids is 1. The molecule has 8 heteroatoms. The lowest BCUT2D eigenvalue weighted by Gasteiger charge is -2.23. The van der Waals surface area contributed by atoms with Gasteiger partial charge in [0.05, 0.1) is 23.7 Å². The van der Waals surface area contributed by atoms with Gasteiger partial charge in [-0.25, -0.2) is 9.78 Å². The Labute approximate surface area is 191 Å². The number of benzene rings is 2. The highest BCUT2D eigenvalue weighted by atomic mass is 16.5. The number of methoxy groups -OCH3 is 1. The van der Waals surface area contributed by atoms with Gasteiger partial charge >= 0.3 is 5.97 Å². The van der Waals surface area contributed by atoms with Gasteiger partial charge in [0.25, 0.3) is 0 Å². The summed E-state index contributed by atoms with van der Waals surface area (Å²) in [6, 6.07) is 16.2. The molecule has 0 atom stereocenters. The van der Waals surface area contributed by atoms with Crippen molar-refractivity contribution >= 4 is 28.6 Å². The van der Waals surface area contributed by atoms with E-state index in [0.717, 1.165) is 5.56 Å². The topological polar surface area (TPSA) is 98.5 Å². The summed E-state index contributed by atoms with van der Waals surface area (Å²) in [6.07, 6.45) is 0. The minimum absolute atomic E-state index is 0.123. The SMILES string of the molecule is COc1ccc(Nc2nc3ccc(C(=O)O)cc3n2C)c(Oc2ccccc2C(C)(C)C)n1. The van der Waals surface area contributed by atoms with E-state index in [2.05, 4.69) is 36.1 Å². The smallest absolute Gasteiger partial charge is 0.335 e. The number of ether oxygens (including phenoxy) is 2. The number of nitrogens with one attached hydrogen (secondary N) is 1. The highest BCUT2D eigenvalue weighted by Gasteiger charge is 2.21. The van der Waals surface area contributed by atoms with Gasteiger partial charge in [-0.3, -0.25) is 0 Å². The number of nitrogens with zero attached hydrogens (tertiary/aromatic N) is 3. The molecule has 0 fully saturated rings. The maximum absolute atomic E-state index is 11.3. The maximum Gasteiger partial charge on any atom is 0.335 e. The third-order valence-electron chi connectivity index (χ3n) is 5.32. The molecule has 0 amide bonds. The number of pyridine rings is 1. The van der Waals surface area contributed by atoms with Crippen LogP contribution in [0.3, 0.4) is 0 Å². The van der Waals surface area contributed by atoms with Crippen molar-refractivity contribution in [2.24, 2.45) is 7.05 Å². The van der Waals surface area contributed by atoms with E-state index in [-0.39, 0.29) is 11.0 Å². The van der Waals surface area contributed by atoms with Crippen LogP contribution >= 0.6 is 0 Å². The van der Waals surface area contributed by atoms with Crippen molar-refractivity contribution in [3.05, 3.63) is 65.7 Å². The molecule has 0 unspecified atom stereocenters. The Morgan fingerprint density at radius 1 is 1.06 bits per heavy atom. The lowest BCUT2D eigenvalue weighted by molar-refractivity contribution is 0.0697. The molecule has 0 saturated carbocycles. The van der Waals surface area contributed by atoms with Crippen molar-refractivity contribution in [1.29, 1.82) is 0 Å². The average molecular weight is 447 g/mol. The van der Waals surface area contributed by atoms with E-state index in [1.54, 1.807) is 29.9 Å². The van der Waals surface area contributed by atoms with Crippen LogP contribution in [0.25, 0.3) is 11.0 Å². The van der Waals surface area contributed by atoms with E-state index in [9.17, 15) is 9.90 Å². The van der Waals surface area contributed by atoms with Gasteiger partial charge in [-0.15, -0.1) is 0 Å². The number of anilines is 2. The summed E-state index contributed by atoms with van der Waals surface area (Å²) in [5.41, 5.74) is 3.08. The van der Waals surface area contributed by atoms with Crippen LogP contribution in [0.5, 0.6) is 17.5 Å². The van der Waals surface area contributed by atoms with E-state index in [1.807, 2.05) is 37.4 Å². The summed E-state index contributed by atoms with van der Waals surface area (Å²) in [5, 5.41) is 12.6. The number of aryl methyl sites for hydroxylation is 1. The molecule has 0 bridgehead atoms. The van der Waals surface area contributed by atoms with Gasteiger partial charge in [0.2, 0.25) is 17.7 Å². The Kier molecular flexibility index (Phi) is 5.68. The highest BCUT2D eigenvalue weighted by Crippen LogP contribution is 2.37. The van der Waals surface area contributed by atoms with Gasteiger partial charge in [-0.1, -0.05) is 39.0 Å². The van der Waals surface area contributed by atoms with Gasteiger partial charge < -0.3 is 24.5 Å². The lowest BCUT2D eigenvalue weighted by Crippen LogP contribution is -2.12. The molecule has 2 aromatic heterocycles. The summed E-state index contributed by atoms with van der Waals surface area (Å²) in [7, 11) is 3.36. The first-order valence-corrected chi connectivity index (χ1v) is 10.5. The summed E-state index contributed by atoms with van der Waals surface area (Å²) >= 11 is 0. The van der Waals surface area contributed by atoms with Crippen molar-refractivity contribution in [1.82, 2.24) is 14.5 Å². The summed E-state index contributed by atoms with van der Waals surface area (Å²) in [4.78, 5) is 20.5. The van der Waals surface area contributed by atoms with Crippen LogP contribution in [0, 0.1) is 0 Å². The van der Waals surface area contributed by atoms with Crippen LogP contribution in [0.15, 0.2) is 54.6 Å². The van der Waals surface area contributed by atoms with Crippen molar-refractivity contribution in [3.8, 4) is 17.5 Å². The van der Waals surface area contributed by atoms with Crippen molar-refractivity contribution < 1.29 is 19.4 Å². The molecule has 2 N–H and O–H groups in total. The number of hydrogen-bond donors (Lipinski definition) is 2. The molecule has 4 aromatic rings. The molecule has 0 aliphatic rings. The van der Waals surface area contributed by atoms with E-state index < -0.39 is 5.97 Å².